The molecule has 0 radical (unpaired) electrons. The van der Waals surface area contributed by atoms with E-state index >= 15 is 0 Å². The van der Waals surface area contributed by atoms with Gasteiger partial charge in [-0.05, 0) is 71.4 Å². The van der Waals surface area contributed by atoms with E-state index in [9.17, 15) is 0 Å². The van der Waals surface area contributed by atoms with E-state index < -0.39 is 51.8 Å². The van der Waals surface area contributed by atoms with Crippen LogP contribution in [0, 0.1) is 0 Å². The Morgan fingerprint density at radius 2 is 1.09 bits per heavy atom. The van der Waals surface area contributed by atoms with E-state index in [2.05, 4.69) is 58.9 Å². The van der Waals surface area contributed by atoms with Crippen molar-refractivity contribution < 1.29 is 34.5 Å². The fraction of sp³-hybridized carbons (Fsp3) is 1.00. The molecule has 0 amide bonds. The fourth-order valence-corrected chi connectivity index (χ4v) is 30.7. The maximum Gasteiger partial charge on any atom is 0.502 e. The van der Waals surface area contributed by atoms with Crippen LogP contribution in [-0.2, 0) is 34.5 Å². The fourth-order valence-electron chi connectivity index (χ4n) is 4.29. The molecular weight excluding hydrogens is 549 g/mol. The van der Waals surface area contributed by atoms with E-state index in [1.165, 1.54) is 12.8 Å². The summed E-state index contributed by atoms with van der Waals surface area (Å²) in [5.74, 6) is 0. The SMILES string of the molecule is COCCCCCCC[Si](C)(O[SiH](C)O[Si](C)(C)C)O[Si](C)(C[Si](OC)(OC)OC)O[Si](C)(C)C. The highest BCUT2D eigenvalue weighted by molar-refractivity contribution is 6.93. The Labute approximate surface area is 223 Å². The van der Waals surface area contributed by atoms with E-state index in [0.717, 1.165) is 31.9 Å². The molecule has 3 atom stereocenters. The van der Waals surface area contributed by atoms with Gasteiger partial charge in [0.25, 0.3) is 9.28 Å². The maximum atomic E-state index is 7.11. The molecule has 0 saturated heterocycles. The van der Waals surface area contributed by atoms with Gasteiger partial charge in [0.15, 0.2) is 16.6 Å². The molecule has 14 heteroatoms. The van der Waals surface area contributed by atoms with Crippen molar-refractivity contribution >= 4 is 51.8 Å². The second kappa shape index (κ2) is 16.2. The minimum Gasteiger partial charge on any atom is -0.439 e. The zero-order chi connectivity index (χ0) is 27.4. The summed E-state index contributed by atoms with van der Waals surface area (Å²) in [6.07, 6.45) is 5.72. The number of unbranched alkanes of at least 4 members (excludes halogenated alkanes) is 4. The minimum atomic E-state index is -2.91. The van der Waals surface area contributed by atoms with Crippen molar-refractivity contribution in [3.8, 4) is 0 Å². The molecule has 0 aliphatic carbocycles. The molecule has 0 spiro atoms. The number of rotatable bonds is 21. The largest absolute Gasteiger partial charge is 0.502 e. The van der Waals surface area contributed by atoms with E-state index in [4.69, 9.17) is 34.5 Å². The van der Waals surface area contributed by atoms with Gasteiger partial charge in [0.05, 0.1) is 5.67 Å². The summed E-state index contributed by atoms with van der Waals surface area (Å²) in [4.78, 5) is 0. The Bertz CT molecular complexity index is 565. The summed E-state index contributed by atoms with van der Waals surface area (Å²) in [5.41, 5.74) is 0.529. The van der Waals surface area contributed by atoms with E-state index in [0.29, 0.717) is 5.67 Å². The average Bonchev–Trinajstić information content (AvgIpc) is 2.68. The van der Waals surface area contributed by atoms with Gasteiger partial charge in [0.1, 0.15) is 0 Å². The predicted octanol–water partition coefficient (Wildman–Crippen LogP) is 5.73. The Balaban J connectivity index is 5.78. The standard InChI is InChI=1S/C21H56O8Si6/c1-22-19-17-15-14-16-18-20-33(12,27-30(5)26-31(6,7)8)29-34(13,28-32(9,10)11)21-35(23-2,24-3)25-4/h30H,14-21H2,1-13H3. The molecular formula is C21H56O8Si6. The number of methoxy groups -OCH3 is 1. The molecule has 0 aromatic carbocycles. The minimum absolute atomic E-state index is 0.529. The van der Waals surface area contributed by atoms with Crippen LogP contribution in [0.4, 0.5) is 0 Å². The molecule has 0 aliphatic heterocycles. The lowest BCUT2D eigenvalue weighted by molar-refractivity contribution is 0.125. The van der Waals surface area contributed by atoms with Crippen LogP contribution in [0.1, 0.15) is 32.1 Å². The Hall–Kier alpha value is 0.981. The summed E-state index contributed by atoms with van der Waals surface area (Å²) in [5, 5.41) is 0. The zero-order valence-electron chi connectivity index (χ0n) is 25.0. The van der Waals surface area contributed by atoms with Crippen LogP contribution >= 0.6 is 0 Å². The molecule has 35 heavy (non-hydrogen) atoms. The third-order valence-corrected chi connectivity index (χ3v) is 27.9. The normalized spacial score (nSPS) is 17.7. The summed E-state index contributed by atoms with van der Waals surface area (Å²) >= 11 is 0. The second-order valence-electron chi connectivity index (χ2n) is 11.5. The number of ether oxygens (including phenoxy) is 1. The van der Waals surface area contributed by atoms with Crippen molar-refractivity contribution in [3.05, 3.63) is 0 Å². The van der Waals surface area contributed by atoms with E-state index in [-0.39, 0.29) is 0 Å². The third-order valence-electron chi connectivity index (χ3n) is 5.34. The quantitative estimate of drug-likeness (QED) is 0.121. The Morgan fingerprint density at radius 3 is 1.54 bits per heavy atom. The van der Waals surface area contributed by atoms with Crippen LogP contribution in [-0.4, -0.2) is 86.9 Å². The first-order chi connectivity index (χ1) is 16.0. The molecule has 0 heterocycles. The van der Waals surface area contributed by atoms with Gasteiger partial charge in [-0.15, -0.1) is 0 Å². The topological polar surface area (TPSA) is 73.8 Å². The lowest BCUT2D eigenvalue weighted by Crippen LogP contribution is -2.62. The lowest BCUT2D eigenvalue weighted by atomic mass is 10.2. The van der Waals surface area contributed by atoms with Crippen LogP contribution in [0.2, 0.25) is 70.6 Å². The van der Waals surface area contributed by atoms with Gasteiger partial charge in [-0.2, -0.15) is 0 Å². The Morgan fingerprint density at radius 1 is 0.571 bits per heavy atom. The van der Waals surface area contributed by atoms with E-state index in [1.54, 1.807) is 28.4 Å². The third kappa shape index (κ3) is 16.5. The van der Waals surface area contributed by atoms with Crippen molar-refractivity contribution in [2.75, 3.05) is 35.0 Å². The molecule has 0 bridgehead atoms. The number of hydrogen-bond donors (Lipinski definition) is 0. The van der Waals surface area contributed by atoms with Gasteiger partial charge in [-0.25, -0.2) is 0 Å². The summed E-state index contributed by atoms with van der Waals surface area (Å²) < 4.78 is 49.7. The summed E-state index contributed by atoms with van der Waals surface area (Å²) in [6.45, 7) is 20.5. The predicted molar refractivity (Wildman–Crippen MR) is 159 cm³/mol. The van der Waals surface area contributed by atoms with Crippen LogP contribution in [0.5, 0.6) is 0 Å². The number of hydrogen-bond acceptors (Lipinski definition) is 8. The van der Waals surface area contributed by atoms with Crippen LogP contribution in [0.25, 0.3) is 0 Å². The van der Waals surface area contributed by atoms with Gasteiger partial charge < -0.3 is 34.5 Å². The zero-order valence-corrected chi connectivity index (χ0v) is 31.2. The van der Waals surface area contributed by atoms with Crippen molar-refractivity contribution in [3.63, 3.8) is 0 Å². The highest BCUT2D eigenvalue weighted by atomic mass is 28.5. The van der Waals surface area contributed by atoms with Gasteiger partial charge in [-0.3, -0.25) is 0 Å². The van der Waals surface area contributed by atoms with Crippen molar-refractivity contribution in [1.29, 1.82) is 0 Å². The molecule has 8 nitrogen and oxygen atoms in total. The van der Waals surface area contributed by atoms with Gasteiger partial charge in [0.2, 0.25) is 0 Å². The van der Waals surface area contributed by atoms with Gasteiger partial charge >= 0.3 is 25.9 Å². The first-order valence-corrected chi connectivity index (χ1v) is 28.8. The van der Waals surface area contributed by atoms with Crippen LogP contribution in [0.15, 0.2) is 0 Å². The van der Waals surface area contributed by atoms with Crippen molar-refractivity contribution in [1.82, 2.24) is 0 Å². The smallest absolute Gasteiger partial charge is 0.439 e. The molecule has 0 saturated carbocycles. The molecule has 0 aliphatic rings. The summed E-state index contributed by atoms with van der Waals surface area (Å²) in [7, 11) is -7.10. The second-order valence-corrected chi connectivity index (χ2v) is 33.6. The molecule has 0 rings (SSSR count). The molecule has 0 fully saturated rings. The molecule has 0 aromatic heterocycles. The average molecular weight is 605 g/mol. The first kappa shape index (κ1) is 36.0. The first-order valence-electron chi connectivity index (χ1n) is 12.9. The summed E-state index contributed by atoms with van der Waals surface area (Å²) in [6, 6.07) is 0.919. The molecule has 0 N–H and O–H groups in total. The lowest BCUT2D eigenvalue weighted by Gasteiger charge is -2.43. The van der Waals surface area contributed by atoms with Gasteiger partial charge in [0, 0.05) is 35.0 Å². The molecule has 3 unspecified atom stereocenters. The van der Waals surface area contributed by atoms with Crippen molar-refractivity contribution in [2.24, 2.45) is 0 Å². The van der Waals surface area contributed by atoms with Crippen LogP contribution < -0.4 is 0 Å². The van der Waals surface area contributed by atoms with E-state index in [1.807, 2.05) is 0 Å². The molecule has 212 valence electrons. The maximum absolute atomic E-state index is 7.11. The monoisotopic (exact) mass is 604 g/mol. The highest BCUT2D eigenvalue weighted by Gasteiger charge is 2.54. The molecule has 0 aromatic rings. The van der Waals surface area contributed by atoms with Crippen LogP contribution in [0.3, 0.4) is 0 Å². The van der Waals surface area contributed by atoms with Gasteiger partial charge in [-0.1, -0.05) is 25.7 Å². The Kier molecular flexibility index (Phi) is 16.6. The highest BCUT2D eigenvalue weighted by Crippen LogP contribution is 2.33. The van der Waals surface area contributed by atoms with Crippen molar-refractivity contribution in [2.45, 2.75) is 103 Å².